The van der Waals surface area contributed by atoms with Crippen molar-refractivity contribution < 1.29 is 0 Å². The maximum atomic E-state index is 10.7. The highest BCUT2D eigenvalue weighted by Gasteiger charge is 1.84. The molecule has 1 heterocycles. The molecule has 1 rings (SSSR count). The van der Waals surface area contributed by atoms with Crippen LogP contribution in [0.4, 0.5) is 0 Å². The molecule has 11 heavy (non-hydrogen) atoms. The van der Waals surface area contributed by atoms with Crippen molar-refractivity contribution in [3.63, 3.8) is 0 Å². The fourth-order valence-corrected chi connectivity index (χ4v) is 0.613. The molecule has 1 N–H and O–H groups in total. The van der Waals surface area contributed by atoms with Gasteiger partial charge in [0.05, 0.1) is 5.69 Å². The lowest BCUT2D eigenvalue weighted by molar-refractivity contribution is 1.27. The van der Waals surface area contributed by atoms with Crippen LogP contribution in [0.15, 0.2) is 23.1 Å². The van der Waals surface area contributed by atoms with Crippen molar-refractivity contribution in [2.75, 3.05) is 0 Å². The molecule has 0 bridgehead atoms. The molecule has 0 aromatic carbocycles. The van der Waals surface area contributed by atoms with Gasteiger partial charge in [-0.25, -0.2) is 0 Å². The summed E-state index contributed by atoms with van der Waals surface area (Å²) in [6.07, 6.45) is 1.49. The van der Waals surface area contributed by atoms with E-state index < -0.39 is 0 Å². The van der Waals surface area contributed by atoms with Crippen LogP contribution in [0.1, 0.15) is 5.69 Å². The average molecular weight is 144 g/mol. The summed E-state index contributed by atoms with van der Waals surface area (Å²) in [6, 6.07) is 4.38. The van der Waals surface area contributed by atoms with Crippen molar-refractivity contribution in [2.45, 2.75) is 0 Å². The molecule has 1 aromatic heterocycles. The van der Waals surface area contributed by atoms with E-state index in [0.29, 0.717) is 5.69 Å². The van der Waals surface area contributed by atoms with Gasteiger partial charge in [0, 0.05) is 24.3 Å². The average Bonchev–Trinajstić information content (AvgIpc) is 2.01. The van der Waals surface area contributed by atoms with Crippen LogP contribution in [0.2, 0.25) is 0 Å². The number of nitrogens with one attached hydrogen (secondary N) is 1. The minimum Gasteiger partial charge on any atom is -0.355 e. The molecule has 1 aromatic rings. The van der Waals surface area contributed by atoms with E-state index in [9.17, 15) is 4.79 Å². The number of H-pyrrole nitrogens is 1. The molecule has 0 aliphatic heterocycles. The van der Waals surface area contributed by atoms with Crippen LogP contribution in [0.25, 0.3) is 0 Å². The third-order valence-corrected chi connectivity index (χ3v) is 1.03. The molecule has 0 amide bonds. The first kappa shape index (κ1) is 7.11. The number of hydrogen-bond donors (Lipinski definition) is 1. The molecular formula is C8H4N2O. The van der Waals surface area contributed by atoms with Gasteiger partial charge < -0.3 is 4.98 Å². The topological polar surface area (TPSA) is 56.6 Å². The Balaban J connectivity index is 3.09. The number of rotatable bonds is 0. The van der Waals surface area contributed by atoms with Crippen LogP contribution in [-0.2, 0) is 0 Å². The summed E-state index contributed by atoms with van der Waals surface area (Å²) in [5.74, 6) is 4.65. The molecule has 0 atom stereocenters. The second-order valence-corrected chi connectivity index (χ2v) is 1.80. The van der Waals surface area contributed by atoms with Gasteiger partial charge in [-0.2, -0.15) is 5.26 Å². The summed E-state index contributed by atoms with van der Waals surface area (Å²) >= 11 is 0. The van der Waals surface area contributed by atoms with Gasteiger partial charge in [-0.1, -0.05) is 0 Å². The molecular weight excluding hydrogens is 140 g/mol. The monoisotopic (exact) mass is 144 g/mol. The van der Waals surface area contributed by atoms with Gasteiger partial charge in [0.25, 0.3) is 0 Å². The van der Waals surface area contributed by atoms with Gasteiger partial charge in [-0.05, 0) is 5.92 Å². The van der Waals surface area contributed by atoms with Crippen LogP contribution in [0, 0.1) is 23.2 Å². The lowest BCUT2D eigenvalue weighted by Crippen LogP contribution is -1.97. The highest BCUT2D eigenvalue weighted by molar-refractivity contribution is 5.31. The summed E-state index contributed by atoms with van der Waals surface area (Å²) in [5.41, 5.74) is 0.338. The lowest BCUT2D eigenvalue weighted by atomic mass is 10.3. The van der Waals surface area contributed by atoms with Crippen molar-refractivity contribution in [1.29, 1.82) is 5.26 Å². The van der Waals surface area contributed by atoms with Crippen LogP contribution < -0.4 is 5.43 Å². The number of nitriles is 1. The maximum absolute atomic E-state index is 10.7. The van der Waals surface area contributed by atoms with Gasteiger partial charge >= 0.3 is 0 Å². The minimum atomic E-state index is -0.119. The number of aromatic nitrogens is 1. The summed E-state index contributed by atoms with van der Waals surface area (Å²) < 4.78 is 0. The number of aromatic amines is 1. The number of nitrogens with zero attached hydrogens (tertiary/aromatic N) is 1. The van der Waals surface area contributed by atoms with E-state index in [0.717, 1.165) is 0 Å². The number of hydrogen-bond acceptors (Lipinski definition) is 2. The molecule has 0 fully saturated rings. The minimum absolute atomic E-state index is 0.119. The molecule has 3 nitrogen and oxygen atoms in total. The van der Waals surface area contributed by atoms with Gasteiger partial charge in [0.2, 0.25) is 0 Å². The first-order valence-corrected chi connectivity index (χ1v) is 2.92. The zero-order chi connectivity index (χ0) is 8.10. The summed E-state index contributed by atoms with van der Waals surface area (Å²) in [6.45, 7) is 0. The summed E-state index contributed by atoms with van der Waals surface area (Å²) in [7, 11) is 0. The molecule has 0 spiro atoms. The molecule has 52 valence electrons. The predicted octanol–water partition coefficient (Wildman–Crippen LogP) is 0.250. The Morgan fingerprint density at radius 2 is 2.36 bits per heavy atom. The molecule has 0 aliphatic rings. The second kappa shape index (κ2) is 3.24. The Morgan fingerprint density at radius 1 is 1.55 bits per heavy atom. The molecule has 3 heteroatoms. The first-order chi connectivity index (χ1) is 5.33. The van der Waals surface area contributed by atoms with E-state index in [-0.39, 0.29) is 5.43 Å². The first-order valence-electron chi connectivity index (χ1n) is 2.92. The van der Waals surface area contributed by atoms with Crippen molar-refractivity contribution in [1.82, 2.24) is 4.98 Å². The van der Waals surface area contributed by atoms with Gasteiger partial charge in [0.1, 0.15) is 0 Å². The van der Waals surface area contributed by atoms with Crippen LogP contribution in [0.5, 0.6) is 0 Å². The SMILES string of the molecule is N#CC#Cc1cc(=O)cc[nH]1. The van der Waals surface area contributed by atoms with E-state index in [1.165, 1.54) is 18.3 Å². The maximum Gasteiger partial charge on any atom is 0.182 e. The molecule has 0 aliphatic carbocycles. The third kappa shape index (κ3) is 2.00. The zero-order valence-corrected chi connectivity index (χ0v) is 5.59. The summed E-state index contributed by atoms with van der Waals surface area (Å²) in [5, 5.41) is 8.08. The molecule has 0 saturated heterocycles. The van der Waals surface area contributed by atoms with E-state index in [1.54, 1.807) is 6.07 Å². The molecule has 0 saturated carbocycles. The van der Waals surface area contributed by atoms with Crippen molar-refractivity contribution >= 4 is 0 Å². The van der Waals surface area contributed by atoms with E-state index >= 15 is 0 Å². The van der Waals surface area contributed by atoms with Crippen LogP contribution in [0.3, 0.4) is 0 Å². The largest absolute Gasteiger partial charge is 0.355 e. The third-order valence-electron chi connectivity index (χ3n) is 1.03. The van der Waals surface area contributed by atoms with Crippen molar-refractivity contribution in [3.05, 3.63) is 34.2 Å². The second-order valence-electron chi connectivity index (χ2n) is 1.80. The van der Waals surface area contributed by atoms with Crippen molar-refractivity contribution in [3.8, 4) is 17.9 Å². The Kier molecular flexibility index (Phi) is 2.09. The Morgan fingerprint density at radius 3 is 3.00 bits per heavy atom. The van der Waals surface area contributed by atoms with Gasteiger partial charge in [-0.15, -0.1) is 0 Å². The highest BCUT2D eigenvalue weighted by atomic mass is 16.1. The molecule has 0 unspecified atom stereocenters. The zero-order valence-electron chi connectivity index (χ0n) is 5.59. The fraction of sp³-hybridized carbons (Fsp3) is 0. The smallest absolute Gasteiger partial charge is 0.182 e. The fourth-order valence-electron chi connectivity index (χ4n) is 0.613. The molecule has 0 radical (unpaired) electrons. The Labute approximate surface area is 63.3 Å². The summed E-state index contributed by atoms with van der Waals surface area (Å²) in [4.78, 5) is 13.4. The van der Waals surface area contributed by atoms with Crippen LogP contribution >= 0.6 is 0 Å². The van der Waals surface area contributed by atoms with Gasteiger partial charge in [0.15, 0.2) is 11.5 Å². The Bertz CT molecular complexity index is 400. The normalized spacial score (nSPS) is 7.55. The standard InChI is InChI=1S/C8H4N2O/c9-4-1-2-7-6-8(11)3-5-10-7/h3,5-6H,(H,10,11). The predicted molar refractivity (Wildman–Crippen MR) is 39.6 cm³/mol. The van der Waals surface area contributed by atoms with E-state index in [1.807, 2.05) is 0 Å². The van der Waals surface area contributed by atoms with Gasteiger partial charge in [-0.3, -0.25) is 4.79 Å². The quantitative estimate of drug-likeness (QED) is 0.530. The number of pyridine rings is 1. The van der Waals surface area contributed by atoms with Crippen LogP contribution in [-0.4, -0.2) is 4.98 Å². The van der Waals surface area contributed by atoms with E-state index in [2.05, 4.69) is 16.8 Å². The Hall–Kier alpha value is -2.00. The lowest BCUT2D eigenvalue weighted by Gasteiger charge is -1.84. The van der Waals surface area contributed by atoms with E-state index in [4.69, 9.17) is 5.26 Å². The highest BCUT2D eigenvalue weighted by Crippen LogP contribution is 1.82. The van der Waals surface area contributed by atoms with Crippen molar-refractivity contribution in [2.24, 2.45) is 0 Å².